The number of ether oxygens (including phenoxy) is 1. The number of aliphatic hydroxyl groups is 1. The van der Waals surface area contributed by atoms with E-state index in [9.17, 15) is 5.11 Å². The number of hydrogen-bond donors (Lipinski definition) is 1. The Balaban J connectivity index is 2.12. The lowest BCUT2D eigenvalue weighted by Crippen LogP contribution is -2.48. The van der Waals surface area contributed by atoms with Crippen molar-refractivity contribution in [2.75, 3.05) is 13.7 Å². The third kappa shape index (κ3) is 2.45. The smallest absolute Gasteiger partial charge is 0.0663 e. The molecule has 2 heteroatoms. The Bertz CT molecular complexity index is 357. The van der Waals surface area contributed by atoms with Crippen molar-refractivity contribution in [3.63, 3.8) is 0 Å². The van der Waals surface area contributed by atoms with Gasteiger partial charge < -0.3 is 9.84 Å². The lowest BCUT2D eigenvalue weighted by Gasteiger charge is -2.48. The van der Waals surface area contributed by atoms with Crippen LogP contribution in [0.3, 0.4) is 0 Å². The van der Waals surface area contributed by atoms with Crippen LogP contribution in [-0.4, -0.2) is 24.9 Å². The lowest BCUT2D eigenvalue weighted by atomic mass is 9.58. The molecule has 0 spiro atoms. The largest absolute Gasteiger partial charge is 0.392 e. The minimum absolute atomic E-state index is 0.00554. The molecule has 0 heterocycles. The molecule has 1 aliphatic rings. The number of rotatable bonds is 6. The van der Waals surface area contributed by atoms with Gasteiger partial charge in [0.05, 0.1) is 6.10 Å². The van der Waals surface area contributed by atoms with Crippen molar-refractivity contribution in [3.05, 3.63) is 35.9 Å². The second-order valence-corrected chi connectivity index (χ2v) is 5.58. The van der Waals surface area contributed by atoms with E-state index in [-0.39, 0.29) is 17.4 Å². The maximum atomic E-state index is 10.7. The van der Waals surface area contributed by atoms with E-state index in [2.05, 4.69) is 31.2 Å². The van der Waals surface area contributed by atoms with E-state index in [1.165, 1.54) is 12.0 Å². The van der Waals surface area contributed by atoms with Crippen molar-refractivity contribution < 1.29 is 9.84 Å². The summed E-state index contributed by atoms with van der Waals surface area (Å²) in [4.78, 5) is 0. The van der Waals surface area contributed by atoms with Crippen molar-refractivity contribution >= 4 is 0 Å². The van der Waals surface area contributed by atoms with E-state index < -0.39 is 0 Å². The second-order valence-electron chi connectivity index (χ2n) is 5.58. The van der Waals surface area contributed by atoms with Crippen molar-refractivity contribution in [2.45, 2.75) is 44.1 Å². The van der Waals surface area contributed by atoms with Crippen LogP contribution >= 0.6 is 0 Å². The molecule has 2 rings (SSSR count). The normalized spacial score (nSPS) is 21.1. The standard InChI is InChI=1S/C16H24O2/c1-13(9-12-18-2)15(17)16(10-6-11-16)14-7-4-3-5-8-14/h3-5,7-8,13,15,17H,6,9-12H2,1-2H3. The molecule has 1 aromatic carbocycles. The summed E-state index contributed by atoms with van der Waals surface area (Å²) in [5, 5.41) is 10.7. The quantitative estimate of drug-likeness (QED) is 0.838. The Labute approximate surface area is 110 Å². The predicted molar refractivity (Wildman–Crippen MR) is 73.6 cm³/mol. The van der Waals surface area contributed by atoms with Crippen LogP contribution in [0.5, 0.6) is 0 Å². The van der Waals surface area contributed by atoms with Gasteiger partial charge in [-0.25, -0.2) is 0 Å². The second kappa shape index (κ2) is 5.85. The summed E-state index contributed by atoms with van der Waals surface area (Å²) in [5.41, 5.74) is 1.29. The number of hydrogen-bond acceptors (Lipinski definition) is 2. The molecule has 0 bridgehead atoms. The van der Waals surface area contributed by atoms with E-state index in [0.29, 0.717) is 0 Å². The lowest BCUT2D eigenvalue weighted by molar-refractivity contribution is -0.0171. The molecule has 1 aromatic rings. The first kappa shape index (κ1) is 13.6. The average molecular weight is 248 g/mol. The Kier molecular flexibility index (Phi) is 4.41. The maximum Gasteiger partial charge on any atom is 0.0663 e. The summed E-state index contributed by atoms with van der Waals surface area (Å²) in [5.74, 6) is 0.283. The third-order valence-electron chi connectivity index (χ3n) is 4.48. The summed E-state index contributed by atoms with van der Waals surface area (Å²) in [6, 6.07) is 10.5. The van der Waals surface area contributed by atoms with Crippen molar-refractivity contribution in [2.24, 2.45) is 5.92 Å². The highest BCUT2D eigenvalue weighted by Crippen LogP contribution is 2.48. The topological polar surface area (TPSA) is 29.5 Å². The molecule has 0 saturated heterocycles. The van der Waals surface area contributed by atoms with Gasteiger partial charge in [-0.3, -0.25) is 0 Å². The fourth-order valence-corrected chi connectivity index (χ4v) is 3.09. The monoisotopic (exact) mass is 248 g/mol. The molecule has 1 saturated carbocycles. The van der Waals surface area contributed by atoms with Gasteiger partial charge in [-0.1, -0.05) is 43.7 Å². The summed E-state index contributed by atoms with van der Waals surface area (Å²) < 4.78 is 5.12. The Morgan fingerprint density at radius 3 is 2.44 bits per heavy atom. The summed E-state index contributed by atoms with van der Waals surface area (Å²) >= 11 is 0. The fraction of sp³-hybridized carbons (Fsp3) is 0.625. The van der Waals surface area contributed by atoms with Crippen molar-refractivity contribution in [1.82, 2.24) is 0 Å². The van der Waals surface area contributed by atoms with Crippen molar-refractivity contribution in [3.8, 4) is 0 Å². The zero-order valence-corrected chi connectivity index (χ0v) is 11.4. The number of benzene rings is 1. The molecule has 1 fully saturated rings. The molecule has 2 nitrogen and oxygen atoms in total. The van der Waals surface area contributed by atoms with Gasteiger partial charge in [0, 0.05) is 19.1 Å². The molecule has 2 unspecified atom stereocenters. The summed E-state index contributed by atoms with van der Waals surface area (Å²) in [6.45, 7) is 2.86. The zero-order chi connectivity index (χ0) is 13.0. The van der Waals surface area contributed by atoms with Gasteiger partial charge in [0.25, 0.3) is 0 Å². The van der Waals surface area contributed by atoms with Crippen LogP contribution in [0.4, 0.5) is 0 Å². The third-order valence-corrected chi connectivity index (χ3v) is 4.48. The van der Waals surface area contributed by atoms with Crippen LogP contribution in [0.15, 0.2) is 30.3 Å². The van der Waals surface area contributed by atoms with Crippen LogP contribution < -0.4 is 0 Å². The molecule has 100 valence electrons. The highest BCUT2D eigenvalue weighted by atomic mass is 16.5. The minimum Gasteiger partial charge on any atom is -0.392 e. The van der Waals surface area contributed by atoms with Crippen LogP contribution in [0, 0.1) is 5.92 Å². The van der Waals surface area contributed by atoms with E-state index in [0.717, 1.165) is 25.9 Å². The first-order chi connectivity index (χ1) is 8.70. The van der Waals surface area contributed by atoms with Crippen LogP contribution in [-0.2, 0) is 10.2 Å². The Morgan fingerprint density at radius 1 is 1.28 bits per heavy atom. The van der Waals surface area contributed by atoms with Crippen molar-refractivity contribution in [1.29, 1.82) is 0 Å². The number of aliphatic hydroxyl groups excluding tert-OH is 1. The predicted octanol–water partition coefficient (Wildman–Crippen LogP) is 3.14. The molecule has 18 heavy (non-hydrogen) atoms. The first-order valence-electron chi connectivity index (χ1n) is 6.93. The minimum atomic E-state index is -0.260. The summed E-state index contributed by atoms with van der Waals surface area (Å²) in [7, 11) is 1.72. The van der Waals surface area contributed by atoms with Gasteiger partial charge in [-0.15, -0.1) is 0 Å². The Morgan fingerprint density at radius 2 is 1.94 bits per heavy atom. The van der Waals surface area contributed by atoms with Gasteiger partial charge in [0.1, 0.15) is 0 Å². The Hall–Kier alpha value is -0.860. The average Bonchev–Trinajstić information content (AvgIpc) is 2.36. The zero-order valence-electron chi connectivity index (χ0n) is 11.4. The van der Waals surface area contributed by atoms with Crippen LogP contribution in [0.2, 0.25) is 0 Å². The van der Waals surface area contributed by atoms with E-state index in [1.54, 1.807) is 7.11 Å². The van der Waals surface area contributed by atoms with Gasteiger partial charge in [0.2, 0.25) is 0 Å². The van der Waals surface area contributed by atoms with E-state index in [4.69, 9.17) is 4.74 Å². The molecule has 0 aromatic heterocycles. The molecule has 2 atom stereocenters. The molecular formula is C16H24O2. The van der Waals surface area contributed by atoms with Gasteiger partial charge in [-0.2, -0.15) is 0 Å². The highest BCUT2D eigenvalue weighted by Gasteiger charge is 2.46. The van der Waals surface area contributed by atoms with Crippen LogP contribution in [0.25, 0.3) is 0 Å². The fourth-order valence-electron chi connectivity index (χ4n) is 3.09. The SMILES string of the molecule is COCCC(C)C(O)C1(c2ccccc2)CCC1. The first-order valence-corrected chi connectivity index (χ1v) is 6.93. The highest BCUT2D eigenvalue weighted by molar-refractivity contribution is 5.30. The van der Waals surface area contributed by atoms with E-state index in [1.807, 2.05) is 6.07 Å². The molecule has 1 N–H and O–H groups in total. The molecule has 1 aliphatic carbocycles. The van der Waals surface area contributed by atoms with Gasteiger partial charge in [0.15, 0.2) is 0 Å². The van der Waals surface area contributed by atoms with Crippen LogP contribution in [0.1, 0.15) is 38.2 Å². The molecule has 0 radical (unpaired) electrons. The molecule has 0 amide bonds. The van der Waals surface area contributed by atoms with E-state index >= 15 is 0 Å². The number of methoxy groups -OCH3 is 1. The molecule has 0 aliphatic heterocycles. The van der Waals surface area contributed by atoms with Gasteiger partial charge >= 0.3 is 0 Å². The van der Waals surface area contributed by atoms with Gasteiger partial charge in [-0.05, 0) is 30.7 Å². The molecular weight excluding hydrogens is 224 g/mol. The maximum absolute atomic E-state index is 10.7. The summed E-state index contributed by atoms with van der Waals surface area (Å²) in [6.07, 6.45) is 4.10.